The highest BCUT2D eigenvalue weighted by molar-refractivity contribution is 6.07. The third-order valence-corrected chi connectivity index (χ3v) is 6.10. The lowest BCUT2D eigenvalue weighted by Gasteiger charge is -2.32. The van der Waals surface area contributed by atoms with E-state index in [2.05, 4.69) is 37.8 Å². The van der Waals surface area contributed by atoms with Crippen LogP contribution >= 0.6 is 0 Å². The summed E-state index contributed by atoms with van der Waals surface area (Å²) >= 11 is 0. The van der Waals surface area contributed by atoms with Gasteiger partial charge in [-0.15, -0.1) is 0 Å². The summed E-state index contributed by atoms with van der Waals surface area (Å²) < 4.78 is 5.27. The number of nitrogens with two attached hydrogens (primary N) is 1. The van der Waals surface area contributed by atoms with Crippen molar-refractivity contribution in [3.8, 4) is 0 Å². The number of methoxy groups -OCH3 is 1. The number of hydrogen-bond acceptors (Lipinski definition) is 6. The minimum absolute atomic E-state index is 0.496. The van der Waals surface area contributed by atoms with Crippen molar-refractivity contribution >= 4 is 28.3 Å². The summed E-state index contributed by atoms with van der Waals surface area (Å²) in [5, 5.41) is 4.41. The molecule has 1 saturated carbocycles. The average Bonchev–Trinajstić information content (AvgIpc) is 3.57. The smallest absolute Gasteiger partial charge is 0.139 e. The molecule has 0 unspecified atom stereocenters. The fourth-order valence-corrected chi connectivity index (χ4v) is 4.37. The molecule has 1 aliphatic heterocycles. The number of pyridine rings is 2. The summed E-state index contributed by atoms with van der Waals surface area (Å²) in [6.45, 7) is 8.40. The molecule has 4 heterocycles. The van der Waals surface area contributed by atoms with Crippen LogP contribution in [0.25, 0.3) is 16.7 Å². The number of amidine groups is 1. The number of aromatic amines is 1. The summed E-state index contributed by atoms with van der Waals surface area (Å²) in [6, 6.07) is 4.02. The van der Waals surface area contributed by atoms with E-state index in [1.807, 2.05) is 12.3 Å². The Labute approximate surface area is 187 Å². The predicted octanol–water partition coefficient (Wildman–Crippen LogP) is 2.89. The van der Waals surface area contributed by atoms with Crippen molar-refractivity contribution in [1.82, 2.24) is 25.2 Å². The first-order chi connectivity index (χ1) is 15.7. The molecule has 0 radical (unpaired) electrons. The number of aliphatic imine (C=N–C) groups is 1. The zero-order chi connectivity index (χ0) is 22.1. The van der Waals surface area contributed by atoms with Gasteiger partial charge in [-0.25, -0.2) is 9.98 Å². The van der Waals surface area contributed by atoms with Crippen LogP contribution in [0.15, 0.2) is 42.3 Å². The Hall–Kier alpha value is -3.23. The van der Waals surface area contributed by atoms with Crippen molar-refractivity contribution in [3.05, 3.63) is 59.7 Å². The number of nitrogen functional groups attached to an aromatic ring is 1. The molecule has 1 saturated heterocycles. The van der Waals surface area contributed by atoms with E-state index >= 15 is 0 Å². The number of anilines is 1. The number of H-pyrrole nitrogens is 1. The zero-order valence-corrected chi connectivity index (χ0v) is 18.4. The summed E-state index contributed by atoms with van der Waals surface area (Å²) in [5.74, 6) is 1.40. The van der Waals surface area contributed by atoms with E-state index in [0.717, 1.165) is 59.9 Å². The third kappa shape index (κ3) is 3.99. The highest BCUT2D eigenvalue weighted by Gasteiger charge is 2.31. The van der Waals surface area contributed by atoms with E-state index in [4.69, 9.17) is 15.5 Å². The van der Waals surface area contributed by atoms with Crippen LogP contribution in [0.3, 0.4) is 0 Å². The van der Waals surface area contributed by atoms with E-state index in [0.29, 0.717) is 23.9 Å². The molecule has 8 heteroatoms. The van der Waals surface area contributed by atoms with Crippen LogP contribution < -0.4 is 11.1 Å². The lowest BCUT2D eigenvalue weighted by atomic mass is 10.0. The largest absolute Gasteiger partial charge is 0.397 e. The second-order valence-corrected chi connectivity index (χ2v) is 8.43. The van der Waals surface area contributed by atoms with Crippen molar-refractivity contribution in [2.45, 2.75) is 25.4 Å². The highest BCUT2D eigenvalue weighted by atomic mass is 16.5. The molecule has 0 spiro atoms. The Bertz CT molecular complexity index is 1170. The van der Waals surface area contributed by atoms with Crippen molar-refractivity contribution in [3.63, 3.8) is 0 Å². The van der Waals surface area contributed by atoms with Crippen LogP contribution in [0.2, 0.25) is 0 Å². The standard InChI is InChI=1S/C24H29N7O/c1-15(18-5-6-28-23-19(18)11-17(30-23)14-32-2)29-24(31-9-7-26-8-10-31)22-20(16-3-4-16)12-27-13-21(22)25/h5-6,11-13,16,26H,1,3-4,7-10,14,25H2,2H3,(H,28,30). The lowest BCUT2D eigenvalue weighted by molar-refractivity contribution is 0.182. The van der Waals surface area contributed by atoms with Gasteiger partial charge in [-0.3, -0.25) is 4.98 Å². The Morgan fingerprint density at radius 3 is 2.88 bits per heavy atom. The summed E-state index contributed by atoms with van der Waals surface area (Å²) in [5.41, 5.74) is 12.8. The Balaban J connectivity index is 1.61. The maximum absolute atomic E-state index is 6.49. The van der Waals surface area contributed by atoms with Gasteiger partial charge < -0.3 is 25.7 Å². The fraction of sp³-hybridized carbons (Fsp3) is 0.375. The quantitative estimate of drug-likeness (QED) is 0.410. The van der Waals surface area contributed by atoms with Gasteiger partial charge in [0.05, 0.1) is 24.2 Å². The Morgan fingerprint density at radius 1 is 1.31 bits per heavy atom. The molecule has 3 aromatic heterocycles. The van der Waals surface area contributed by atoms with Crippen molar-refractivity contribution < 1.29 is 4.74 Å². The first-order valence-corrected chi connectivity index (χ1v) is 11.1. The minimum Gasteiger partial charge on any atom is -0.397 e. The molecule has 3 aromatic rings. The fourth-order valence-electron chi connectivity index (χ4n) is 4.37. The molecule has 8 nitrogen and oxygen atoms in total. The van der Waals surface area contributed by atoms with Gasteiger partial charge in [0.2, 0.25) is 0 Å². The Kier molecular flexibility index (Phi) is 5.63. The van der Waals surface area contributed by atoms with Crippen LogP contribution in [0.5, 0.6) is 0 Å². The van der Waals surface area contributed by atoms with Gasteiger partial charge in [-0.05, 0) is 36.5 Å². The van der Waals surface area contributed by atoms with Gasteiger partial charge in [0.1, 0.15) is 11.5 Å². The van der Waals surface area contributed by atoms with E-state index in [1.54, 1.807) is 19.5 Å². The van der Waals surface area contributed by atoms with Crippen LogP contribution in [0.1, 0.15) is 41.1 Å². The van der Waals surface area contributed by atoms with Gasteiger partial charge in [-0.1, -0.05) is 6.58 Å². The lowest BCUT2D eigenvalue weighted by Crippen LogP contribution is -2.47. The molecule has 5 rings (SSSR count). The van der Waals surface area contributed by atoms with E-state index in [9.17, 15) is 0 Å². The van der Waals surface area contributed by atoms with Crippen molar-refractivity contribution in [1.29, 1.82) is 0 Å². The van der Waals surface area contributed by atoms with Gasteiger partial charge in [0.15, 0.2) is 0 Å². The molecule has 0 atom stereocenters. The van der Waals surface area contributed by atoms with Crippen LogP contribution in [0, 0.1) is 0 Å². The molecule has 2 aliphatic rings. The molecule has 2 fully saturated rings. The number of aromatic nitrogens is 3. The predicted molar refractivity (Wildman–Crippen MR) is 127 cm³/mol. The first kappa shape index (κ1) is 20.7. The molecule has 32 heavy (non-hydrogen) atoms. The highest BCUT2D eigenvalue weighted by Crippen LogP contribution is 2.43. The molecular weight excluding hydrogens is 402 g/mol. The molecule has 0 bridgehead atoms. The number of hydrogen-bond donors (Lipinski definition) is 3. The van der Waals surface area contributed by atoms with Crippen LogP contribution in [-0.4, -0.2) is 59.0 Å². The van der Waals surface area contributed by atoms with Crippen molar-refractivity contribution in [2.24, 2.45) is 4.99 Å². The number of fused-ring (bicyclic) bond motifs is 1. The molecular formula is C24H29N7O. The zero-order valence-electron chi connectivity index (χ0n) is 18.4. The summed E-state index contributed by atoms with van der Waals surface area (Å²) in [4.78, 5) is 19.6. The van der Waals surface area contributed by atoms with Crippen LogP contribution in [-0.2, 0) is 11.3 Å². The van der Waals surface area contributed by atoms with E-state index in [1.165, 1.54) is 18.4 Å². The Morgan fingerprint density at radius 2 is 2.12 bits per heavy atom. The number of nitrogens with one attached hydrogen (secondary N) is 2. The summed E-state index contributed by atoms with van der Waals surface area (Å²) in [7, 11) is 1.68. The molecule has 4 N–H and O–H groups in total. The maximum Gasteiger partial charge on any atom is 0.139 e. The second kappa shape index (κ2) is 8.72. The first-order valence-electron chi connectivity index (χ1n) is 11.1. The third-order valence-electron chi connectivity index (χ3n) is 6.10. The number of piperazine rings is 1. The number of nitrogens with zero attached hydrogens (tertiary/aromatic N) is 4. The number of rotatable bonds is 6. The van der Waals surface area contributed by atoms with Gasteiger partial charge in [0.25, 0.3) is 0 Å². The number of ether oxygens (including phenoxy) is 1. The van der Waals surface area contributed by atoms with Gasteiger partial charge in [0, 0.05) is 67.9 Å². The normalized spacial score (nSPS) is 17.2. The van der Waals surface area contributed by atoms with Crippen molar-refractivity contribution in [2.75, 3.05) is 39.0 Å². The van der Waals surface area contributed by atoms with E-state index in [-0.39, 0.29) is 0 Å². The van der Waals surface area contributed by atoms with Gasteiger partial charge in [-0.2, -0.15) is 0 Å². The minimum atomic E-state index is 0.496. The monoisotopic (exact) mass is 431 g/mol. The topological polar surface area (TPSA) is 104 Å². The summed E-state index contributed by atoms with van der Waals surface area (Å²) in [6.07, 6.45) is 7.81. The maximum atomic E-state index is 6.49. The van der Waals surface area contributed by atoms with Gasteiger partial charge >= 0.3 is 0 Å². The molecule has 1 aliphatic carbocycles. The molecule has 0 amide bonds. The second-order valence-electron chi connectivity index (χ2n) is 8.43. The molecule has 0 aromatic carbocycles. The SMILES string of the molecule is C=C(N=C(c1c(N)cncc1C1CC1)N1CCNCC1)c1ccnc2[nH]c(COC)cc12. The van der Waals surface area contributed by atoms with Crippen LogP contribution in [0.4, 0.5) is 5.69 Å². The molecule has 166 valence electrons. The van der Waals surface area contributed by atoms with E-state index < -0.39 is 0 Å². The average molecular weight is 432 g/mol.